The highest BCUT2D eigenvalue weighted by Gasteiger charge is 2.34. The molecule has 1 heterocycles. The van der Waals surface area contributed by atoms with E-state index in [1.165, 1.54) is 4.31 Å². The van der Waals surface area contributed by atoms with Crippen LogP contribution in [-0.4, -0.2) is 31.4 Å². The molecule has 1 aliphatic heterocycles. The predicted octanol–water partition coefficient (Wildman–Crippen LogP) is 5.32. The Morgan fingerprint density at radius 1 is 1.06 bits per heavy atom. The summed E-state index contributed by atoms with van der Waals surface area (Å²) < 4.78 is 27.6. The van der Waals surface area contributed by atoms with E-state index < -0.39 is 27.4 Å². The van der Waals surface area contributed by atoms with Gasteiger partial charge in [0.25, 0.3) is 5.91 Å². The van der Waals surface area contributed by atoms with Crippen LogP contribution in [-0.2, 0) is 21.4 Å². The van der Waals surface area contributed by atoms with Crippen molar-refractivity contribution in [3.63, 3.8) is 0 Å². The molecule has 0 radical (unpaired) electrons. The van der Waals surface area contributed by atoms with E-state index in [4.69, 9.17) is 11.6 Å². The summed E-state index contributed by atoms with van der Waals surface area (Å²) in [4.78, 5) is 14.2. The molecule has 0 aliphatic carbocycles. The number of carbonyl (C=O) groups is 1. The van der Waals surface area contributed by atoms with E-state index in [0.717, 1.165) is 10.5 Å². The highest BCUT2D eigenvalue weighted by molar-refractivity contribution is 7.98. The van der Waals surface area contributed by atoms with Crippen LogP contribution in [0.25, 0.3) is 5.57 Å². The molecule has 3 aromatic carbocycles. The van der Waals surface area contributed by atoms with Gasteiger partial charge in [-0.25, -0.2) is 8.42 Å². The van der Waals surface area contributed by atoms with Gasteiger partial charge in [-0.05, 0) is 54.3 Å². The molecule has 0 saturated carbocycles. The minimum Gasteiger partial charge on any atom is -0.510 e. The summed E-state index contributed by atoms with van der Waals surface area (Å²) in [5, 5.41) is 14.1. The van der Waals surface area contributed by atoms with Crippen LogP contribution in [0.3, 0.4) is 0 Å². The molecule has 0 spiro atoms. The highest BCUT2D eigenvalue weighted by atomic mass is 35.5. The Morgan fingerprint density at radius 2 is 1.73 bits per heavy atom. The van der Waals surface area contributed by atoms with Gasteiger partial charge in [-0.2, -0.15) is 0 Å². The number of nitrogens with one attached hydrogen (secondary N) is 1. The number of rotatable bonds is 5. The fraction of sp³-hybridized carbons (Fsp3) is 0.125. The fourth-order valence-corrected chi connectivity index (χ4v) is 5.58. The lowest BCUT2D eigenvalue weighted by Gasteiger charge is -2.24. The number of thioether (sulfide) groups is 1. The summed E-state index contributed by atoms with van der Waals surface area (Å²) in [7, 11) is -3.97. The molecular formula is C24H21ClN2O4S2. The van der Waals surface area contributed by atoms with E-state index in [0.29, 0.717) is 22.0 Å². The minimum absolute atomic E-state index is 0.0365. The Morgan fingerprint density at radius 3 is 2.39 bits per heavy atom. The van der Waals surface area contributed by atoms with Crippen molar-refractivity contribution in [1.82, 2.24) is 0 Å². The number of amides is 1. The normalized spacial score (nSPS) is 15.0. The number of hydrogen-bond donors (Lipinski definition) is 2. The maximum absolute atomic E-state index is 13.2. The van der Waals surface area contributed by atoms with Crippen molar-refractivity contribution in [2.24, 2.45) is 0 Å². The van der Waals surface area contributed by atoms with Crippen molar-refractivity contribution >= 4 is 56.2 Å². The topological polar surface area (TPSA) is 86.7 Å². The van der Waals surface area contributed by atoms with Gasteiger partial charge in [0.2, 0.25) is 10.0 Å². The predicted molar refractivity (Wildman–Crippen MR) is 134 cm³/mol. The molecule has 1 amide bonds. The van der Waals surface area contributed by atoms with Crippen molar-refractivity contribution in [1.29, 1.82) is 0 Å². The molecule has 0 atom stereocenters. The molecule has 3 aromatic rings. The summed E-state index contributed by atoms with van der Waals surface area (Å²) in [5.74, 6) is -1.77. The zero-order valence-corrected chi connectivity index (χ0v) is 20.0. The first-order chi connectivity index (χ1) is 15.8. The van der Waals surface area contributed by atoms with Crippen molar-refractivity contribution in [2.75, 3.05) is 21.6 Å². The fourth-order valence-electron chi connectivity index (χ4n) is 3.59. The zero-order chi connectivity index (χ0) is 23.6. The number of carbonyl (C=O) groups excluding carboxylic acids is 1. The molecule has 0 saturated heterocycles. The van der Waals surface area contributed by atoms with Crippen LogP contribution in [0, 0.1) is 0 Å². The number of fused-ring (bicyclic) bond motifs is 1. The summed E-state index contributed by atoms with van der Waals surface area (Å²) in [6.45, 7) is 0.0365. The highest BCUT2D eigenvalue weighted by Crippen LogP contribution is 2.36. The Balaban J connectivity index is 1.74. The molecule has 170 valence electrons. The molecule has 0 unspecified atom stereocenters. The van der Waals surface area contributed by atoms with Crippen LogP contribution in [0.5, 0.6) is 0 Å². The van der Waals surface area contributed by atoms with Gasteiger partial charge in [0.05, 0.1) is 17.8 Å². The number of anilines is 2. The molecule has 4 rings (SSSR count). The van der Waals surface area contributed by atoms with Gasteiger partial charge < -0.3 is 10.4 Å². The van der Waals surface area contributed by atoms with Gasteiger partial charge >= 0.3 is 0 Å². The zero-order valence-electron chi connectivity index (χ0n) is 17.7. The Bertz CT molecular complexity index is 1320. The summed E-state index contributed by atoms with van der Waals surface area (Å²) >= 11 is 7.53. The number of nitrogens with zero attached hydrogens (tertiary/aromatic N) is 1. The Kier molecular flexibility index (Phi) is 6.69. The van der Waals surface area contributed by atoms with Gasteiger partial charge in [-0.1, -0.05) is 41.9 Å². The van der Waals surface area contributed by atoms with Gasteiger partial charge in [-0.15, -0.1) is 11.8 Å². The van der Waals surface area contributed by atoms with Crippen LogP contribution in [0.4, 0.5) is 11.4 Å². The third kappa shape index (κ3) is 5.03. The van der Waals surface area contributed by atoms with Crippen molar-refractivity contribution in [2.45, 2.75) is 11.4 Å². The van der Waals surface area contributed by atoms with Crippen LogP contribution in [0.15, 0.2) is 83.5 Å². The van der Waals surface area contributed by atoms with E-state index in [9.17, 15) is 18.3 Å². The first kappa shape index (κ1) is 23.2. The first-order valence-electron chi connectivity index (χ1n) is 10.0. The van der Waals surface area contributed by atoms with Gasteiger partial charge in [-0.3, -0.25) is 9.10 Å². The van der Waals surface area contributed by atoms with E-state index >= 15 is 0 Å². The number of sulfonamides is 1. The second kappa shape index (κ2) is 9.51. The SMILES string of the molecule is CSc1ccc(NC(=O)C2=C(O)CS(=O)(=O)N(Cc3ccc(Cl)cc3)c3ccccc32)cc1. The lowest BCUT2D eigenvalue weighted by atomic mass is 10.0. The maximum atomic E-state index is 13.2. The van der Waals surface area contributed by atoms with Gasteiger partial charge in [0.1, 0.15) is 11.5 Å². The number of hydrogen-bond acceptors (Lipinski definition) is 5. The summed E-state index contributed by atoms with van der Waals surface area (Å²) in [6, 6.07) is 20.8. The lowest BCUT2D eigenvalue weighted by Crippen LogP contribution is -2.32. The number of aliphatic hydroxyl groups is 1. The van der Waals surface area contributed by atoms with Crippen molar-refractivity contribution in [3.8, 4) is 0 Å². The number of aliphatic hydroxyl groups excluding tert-OH is 1. The average Bonchev–Trinajstić information content (AvgIpc) is 2.87. The second-order valence-corrected chi connectivity index (χ2v) is 10.6. The van der Waals surface area contributed by atoms with Gasteiger partial charge in [0, 0.05) is 21.2 Å². The van der Waals surface area contributed by atoms with E-state index in [-0.39, 0.29) is 12.1 Å². The largest absolute Gasteiger partial charge is 0.510 e. The average molecular weight is 501 g/mol. The minimum atomic E-state index is -3.97. The smallest absolute Gasteiger partial charge is 0.259 e. The van der Waals surface area contributed by atoms with E-state index in [2.05, 4.69) is 5.32 Å². The van der Waals surface area contributed by atoms with Gasteiger partial charge in [0.15, 0.2) is 0 Å². The lowest BCUT2D eigenvalue weighted by molar-refractivity contribution is -0.111. The number of halogens is 1. The Labute approximate surface area is 201 Å². The molecule has 0 aromatic heterocycles. The first-order valence-corrected chi connectivity index (χ1v) is 13.2. The number of benzene rings is 3. The van der Waals surface area contributed by atoms with Crippen LogP contribution in [0.2, 0.25) is 5.02 Å². The Hall–Kier alpha value is -2.94. The second-order valence-electron chi connectivity index (χ2n) is 7.41. The quantitative estimate of drug-likeness (QED) is 0.463. The molecule has 1 aliphatic rings. The van der Waals surface area contributed by atoms with Crippen LogP contribution in [0.1, 0.15) is 11.1 Å². The molecule has 2 N–H and O–H groups in total. The van der Waals surface area contributed by atoms with E-state index in [1.54, 1.807) is 72.4 Å². The summed E-state index contributed by atoms with van der Waals surface area (Å²) in [6.07, 6.45) is 1.95. The van der Waals surface area contributed by atoms with Crippen molar-refractivity contribution < 1.29 is 18.3 Å². The molecule has 0 fully saturated rings. The number of para-hydroxylation sites is 1. The molecule has 33 heavy (non-hydrogen) atoms. The third-order valence-electron chi connectivity index (χ3n) is 5.20. The monoisotopic (exact) mass is 500 g/mol. The van der Waals surface area contributed by atoms with Crippen molar-refractivity contribution in [3.05, 3.63) is 94.7 Å². The molecular weight excluding hydrogens is 480 g/mol. The maximum Gasteiger partial charge on any atom is 0.259 e. The molecule has 0 bridgehead atoms. The molecule has 9 heteroatoms. The molecule has 6 nitrogen and oxygen atoms in total. The van der Waals surface area contributed by atoms with Crippen LogP contribution < -0.4 is 9.62 Å². The van der Waals surface area contributed by atoms with E-state index in [1.807, 2.05) is 18.4 Å². The summed E-state index contributed by atoms with van der Waals surface area (Å²) in [5.41, 5.74) is 1.85. The third-order valence-corrected chi connectivity index (χ3v) is 7.83. The standard InChI is InChI=1S/C24H21ClN2O4S2/c1-32-19-12-10-18(11-13-19)26-24(29)23-20-4-2-3-5-21(20)27(33(30,31)15-22(23)28)14-16-6-8-17(25)9-7-16/h2-13,28H,14-15H2,1H3,(H,26,29). The van der Waals surface area contributed by atoms with Crippen LogP contribution >= 0.6 is 23.4 Å².